The molecule has 0 aliphatic rings. The molecule has 1 heterocycles. The molecule has 0 saturated heterocycles. The van der Waals surface area contributed by atoms with Gasteiger partial charge in [0, 0.05) is 0 Å². The first kappa shape index (κ1) is 12.6. The number of rotatable bonds is 3. The predicted molar refractivity (Wildman–Crippen MR) is 58.7 cm³/mol. The molecule has 1 aromatic heterocycles. The number of carboxylic acid groups (broad SMARTS) is 1. The van der Waals surface area contributed by atoms with Gasteiger partial charge < -0.3 is 9.52 Å². The van der Waals surface area contributed by atoms with E-state index < -0.39 is 23.2 Å². The fourth-order valence-corrected chi connectivity index (χ4v) is 2.02. The molecule has 0 saturated carbocycles. The number of oxazole rings is 1. The summed E-state index contributed by atoms with van der Waals surface area (Å²) in [5.74, 6) is -3.32. The number of aromatic nitrogens is 1. The number of nitrogens with zero attached hydrogens (tertiary/aromatic N) is 1. The van der Waals surface area contributed by atoms with Crippen LogP contribution in [0.15, 0.2) is 32.9 Å². The second-order valence-corrected chi connectivity index (χ2v) is 4.39. The molecule has 0 spiro atoms. The summed E-state index contributed by atoms with van der Waals surface area (Å²) in [5.41, 5.74) is 0.137. The highest BCUT2D eigenvalue weighted by atomic mass is 32.2. The molecule has 7 heteroatoms. The third-order valence-electron chi connectivity index (χ3n) is 2.03. The van der Waals surface area contributed by atoms with Gasteiger partial charge in [-0.05, 0) is 30.8 Å². The van der Waals surface area contributed by atoms with Gasteiger partial charge in [0.2, 0.25) is 0 Å². The zero-order valence-electron chi connectivity index (χ0n) is 9.11. The van der Waals surface area contributed by atoms with E-state index in [1.165, 1.54) is 6.26 Å². The number of carboxylic acids is 1. The van der Waals surface area contributed by atoms with Gasteiger partial charge in [0.1, 0.15) is 17.9 Å². The summed E-state index contributed by atoms with van der Waals surface area (Å²) in [6.45, 7) is 1.67. The normalized spacial score (nSPS) is 10.6. The molecule has 2 aromatic rings. The highest BCUT2D eigenvalue weighted by Gasteiger charge is 2.17. The molecule has 0 unspecified atom stereocenters. The molecular weight excluding hydrogens is 264 g/mol. The number of hydrogen-bond donors (Lipinski definition) is 1. The second kappa shape index (κ2) is 4.77. The maximum absolute atomic E-state index is 13.6. The molecule has 0 atom stereocenters. The number of carbonyl (C=O) groups is 1. The summed E-state index contributed by atoms with van der Waals surface area (Å²) in [7, 11) is 0. The minimum absolute atomic E-state index is 0.0911. The molecule has 2 rings (SSSR count). The number of hydrogen-bond acceptors (Lipinski definition) is 4. The van der Waals surface area contributed by atoms with Crippen molar-refractivity contribution in [2.75, 3.05) is 0 Å². The van der Waals surface area contributed by atoms with Crippen molar-refractivity contribution in [2.45, 2.75) is 17.0 Å². The monoisotopic (exact) mass is 271 g/mol. The maximum atomic E-state index is 13.6. The summed E-state index contributed by atoms with van der Waals surface area (Å²) in [5, 5.41) is 8.74. The second-order valence-electron chi connectivity index (χ2n) is 3.43. The maximum Gasteiger partial charge on any atom is 0.335 e. The van der Waals surface area contributed by atoms with Crippen LogP contribution in [0.3, 0.4) is 0 Å². The van der Waals surface area contributed by atoms with Crippen molar-refractivity contribution in [2.24, 2.45) is 0 Å². The Morgan fingerprint density at radius 3 is 2.44 bits per heavy atom. The highest BCUT2D eigenvalue weighted by Crippen LogP contribution is 2.32. The Morgan fingerprint density at radius 1 is 1.39 bits per heavy atom. The van der Waals surface area contributed by atoms with E-state index in [0.717, 1.165) is 12.1 Å². The Hall–Kier alpha value is -1.89. The third kappa shape index (κ3) is 2.51. The van der Waals surface area contributed by atoms with Gasteiger partial charge in [-0.1, -0.05) is 0 Å². The van der Waals surface area contributed by atoms with Crippen LogP contribution < -0.4 is 0 Å². The minimum atomic E-state index is -1.39. The molecule has 0 bridgehead atoms. The van der Waals surface area contributed by atoms with Crippen LogP contribution >= 0.6 is 11.8 Å². The summed E-state index contributed by atoms with van der Waals surface area (Å²) in [6, 6.07) is 1.51. The average Bonchev–Trinajstić information content (AvgIpc) is 2.69. The molecule has 0 aliphatic carbocycles. The molecule has 18 heavy (non-hydrogen) atoms. The first-order valence-electron chi connectivity index (χ1n) is 4.79. The number of aromatic carboxylic acids is 1. The van der Waals surface area contributed by atoms with Crippen LogP contribution in [-0.4, -0.2) is 16.1 Å². The highest BCUT2D eigenvalue weighted by molar-refractivity contribution is 7.99. The van der Waals surface area contributed by atoms with Crippen LogP contribution in [0.2, 0.25) is 0 Å². The van der Waals surface area contributed by atoms with Crippen molar-refractivity contribution in [1.29, 1.82) is 0 Å². The number of halogens is 2. The van der Waals surface area contributed by atoms with Gasteiger partial charge in [-0.25, -0.2) is 18.6 Å². The summed E-state index contributed by atoms with van der Waals surface area (Å²) < 4.78 is 32.1. The lowest BCUT2D eigenvalue weighted by Crippen LogP contribution is -2.00. The summed E-state index contributed by atoms with van der Waals surface area (Å²) in [4.78, 5) is 14.2. The first-order valence-corrected chi connectivity index (χ1v) is 5.61. The van der Waals surface area contributed by atoms with Crippen molar-refractivity contribution in [3.63, 3.8) is 0 Å². The van der Waals surface area contributed by atoms with Gasteiger partial charge >= 0.3 is 5.97 Å². The van der Waals surface area contributed by atoms with Crippen molar-refractivity contribution >= 4 is 17.7 Å². The van der Waals surface area contributed by atoms with Gasteiger partial charge in [0.15, 0.2) is 0 Å². The molecule has 0 aliphatic heterocycles. The number of benzene rings is 1. The van der Waals surface area contributed by atoms with E-state index in [4.69, 9.17) is 9.52 Å². The lowest BCUT2D eigenvalue weighted by Gasteiger charge is -2.03. The smallest absolute Gasteiger partial charge is 0.335 e. The van der Waals surface area contributed by atoms with Crippen LogP contribution in [0.4, 0.5) is 8.78 Å². The van der Waals surface area contributed by atoms with E-state index in [-0.39, 0.29) is 10.1 Å². The Bertz CT molecular complexity index is 589. The largest absolute Gasteiger partial charge is 0.478 e. The Labute approximate surface area is 105 Å². The van der Waals surface area contributed by atoms with Crippen LogP contribution in [-0.2, 0) is 0 Å². The van der Waals surface area contributed by atoms with E-state index >= 15 is 0 Å². The molecule has 1 aromatic carbocycles. The van der Waals surface area contributed by atoms with Gasteiger partial charge in [0.25, 0.3) is 5.22 Å². The number of aryl methyl sites for hydroxylation is 1. The van der Waals surface area contributed by atoms with Crippen molar-refractivity contribution in [1.82, 2.24) is 4.98 Å². The first-order chi connectivity index (χ1) is 8.47. The SMILES string of the molecule is Cc1coc(Sc2c(F)cc(C(=O)O)cc2F)n1. The molecule has 94 valence electrons. The summed E-state index contributed by atoms with van der Waals surface area (Å²) in [6.07, 6.45) is 1.35. The minimum Gasteiger partial charge on any atom is -0.478 e. The molecule has 0 fully saturated rings. The fourth-order valence-electron chi connectivity index (χ4n) is 1.25. The molecule has 4 nitrogen and oxygen atoms in total. The Kier molecular flexibility index (Phi) is 3.33. The van der Waals surface area contributed by atoms with Crippen LogP contribution in [0.5, 0.6) is 0 Å². The topological polar surface area (TPSA) is 63.3 Å². The third-order valence-corrected chi connectivity index (χ3v) is 2.99. The van der Waals surface area contributed by atoms with Crippen LogP contribution in [0.25, 0.3) is 0 Å². The van der Waals surface area contributed by atoms with Crippen LogP contribution in [0.1, 0.15) is 16.1 Å². The lowest BCUT2D eigenvalue weighted by molar-refractivity contribution is 0.0695. The van der Waals surface area contributed by atoms with Crippen molar-refractivity contribution < 1.29 is 23.1 Å². The van der Waals surface area contributed by atoms with Crippen molar-refractivity contribution in [3.05, 3.63) is 41.3 Å². The standard InChI is InChI=1S/C11H7F2NO3S/c1-5-4-17-11(14-5)18-9-7(12)2-6(10(15)16)3-8(9)13/h2-4H,1H3,(H,15,16). The van der Waals surface area contributed by atoms with E-state index in [9.17, 15) is 13.6 Å². The average molecular weight is 271 g/mol. The fraction of sp³-hybridized carbons (Fsp3) is 0.0909. The molecule has 0 amide bonds. The zero-order valence-corrected chi connectivity index (χ0v) is 9.92. The summed E-state index contributed by atoms with van der Waals surface area (Å²) >= 11 is 0.661. The molecular formula is C11H7F2NO3S. The molecule has 0 radical (unpaired) electrons. The molecule has 1 N–H and O–H groups in total. The Morgan fingerprint density at radius 2 is 2.00 bits per heavy atom. The lowest BCUT2D eigenvalue weighted by atomic mass is 10.2. The van der Waals surface area contributed by atoms with E-state index in [2.05, 4.69) is 4.98 Å². The van der Waals surface area contributed by atoms with E-state index in [0.29, 0.717) is 17.5 Å². The predicted octanol–water partition coefficient (Wildman–Crippen LogP) is 3.11. The zero-order chi connectivity index (χ0) is 13.3. The van der Waals surface area contributed by atoms with Gasteiger partial charge in [0.05, 0.1) is 16.2 Å². The van der Waals surface area contributed by atoms with Gasteiger partial charge in [-0.15, -0.1) is 0 Å². The quantitative estimate of drug-likeness (QED) is 0.929. The van der Waals surface area contributed by atoms with Crippen LogP contribution in [0, 0.1) is 18.6 Å². The van der Waals surface area contributed by atoms with Gasteiger partial charge in [-0.3, -0.25) is 0 Å². The van der Waals surface area contributed by atoms with Gasteiger partial charge in [-0.2, -0.15) is 0 Å². The Balaban J connectivity index is 2.37. The van der Waals surface area contributed by atoms with E-state index in [1.54, 1.807) is 6.92 Å². The van der Waals surface area contributed by atoms with E-state index in [1.807, 2.05) is 0 Å². The van der Waals surface area contributed by atoms with Crippen molar-refractivity contribution in [3.8, 4) is 0 Å².